The van der Waals surface area contributed by atoms with Gasteiger partial charge in [0, 0.05) is 24.6 Å². The molecule has 1 fully saturated rings. The second kappa shape index (κ2) is 10.3. The average molecular weight is 528 g/mol. The predicted molar refractivity (Wildman–Crippen MR) is 150 cm³/mol. The standard InChI is InChI=1S/C31H33N3O5/c1-19-12-13-24-26(33(19)31(37)38-2)14-15-27-29(24)32-28(34(27)21-9-6-16-39-18-21)17-25(30(35)36)23-11-5-8-20-7-3-4-10-22(20)23/h3-5,7-8,10-11,14-15,19,21,25H,6,9,12-13,16-18H2,1-2H3,(H,35,36)/t19-,21-,25-/m0/s1. The number of nitrogens with zero attached hydrogens (tertiary/aromatic N) is 3. The molecule has 1 saturated heterocycles. The summed E-state index contributed by atoms with van der Waals surface area (Å²) in [6.07, 6.45) is 3.32. The van der Waals surface area contributed by atoms with Gasteiger partial charge in [-0.15, -0.1) is 0 Å². The average Bonchev–Trinajstić information content (AvgIpc) is 3.34. The van der Waals surface area contributed by atoms with E-state index in [1.54, 1.807) is 4.90 Å². The lowest BCUT2D eigenvalue weighted by molar-refractivity contribution is -0.138. The van der Waals surface area contributed by atoms with E-state index in [-0.39, 0.29) is 24.6 Å². The molecular weight excluding hydrogens is 494 g/mol. The number of fused-ring (bicyclic) bond motifs is 4. The normalized spacial score (nSPS) is 20.1. The Hall–Kier alpha value is -3.91. The van der Waals surface area contributed by atoms with Gasteiger partial charge in [-0.05, 0) is 61.1 Å². The molecule has 0 unspecified atom stereocenters. The highest BCUT2D eigenvalue weighted by Crippen LogP contribution is 2.39. The zero-order valence-electron chi connectivity index (χ0n) is 22.3. The van der Waals surface area contributed by atoms with Crippen LogP contribution in [0.5, 0.6) is 0 Å². The first-order valence-electron chi connectivity index (χ1n) is 13.7. The number of ether oxygens (including phenoxy) is 2. The lowest BCUT2D eigenvalue weighted by Gasteiger charge is -2.34. The Labute approximate surface area is 227 Å². The van der Waals surface area contributed by atoms with Crippen molar-refractivity contribution in [2.75, 3.05) is 25.2 Å². The quantitative estimate of drug-likeness (QED) is 0.349. The third-order valence-corrected chi connectivity index (χ3v) is 8.28. The number of rotatable bonds is 5. The molecule has 3 heterocycles. The third kappa shape index (κ3) is 4.42. The van der Waals surface area contributed by atoms with Crippen LogP contribution in [0.1, 0.15) is 55.1 Å². The maximum atomic E-state index is 12.8. The molecule has 8 nitrogen and oxygen atoms in total. The molecule has 4 aromatic rings. The first-order chi connectivity index (χ1) is 19.0. The Bertz CT molecular complexity index is 1550. The first-order valence-corrected chi connectivity index (χ1v) is 13.7. The predicted octanol–water partition coefficient (Wildman–Crippen LogP) is 5.86. The molecule has 3 aromatic carbocycles. The number of carboxylic acid groups (broad SMARTS) is 1. The number of aromatic nitrogens is 2. The van der Waals surface area contributed by atoms with E-state index in [2.05, 4.69) is 4.57 Å². The van der Waals surface area contributed by atoms with Gasteiger partial charge in [-0.1, -0.05) is 42.5 Å². The highest BCUT2D eigenvalue weighted by molar-refractivity contribution is 5.96. The molecule has 8 heteroatoms. The van der Waals surface area contributed by atoms with Gasteiger partial charge in [0.15, 0.2) is 0 Å². The Morgan fingerprint density at radius 2 is 1.95 bits per heavy atom. The van der Waals surface area contributed by atoms with E-state index in [0.29, 0.717) is 6.61 Å². The highest BCUT2D eigenvalue weighted by Gasteiger charge is 2.33. The number of aliphatic carboxylic acids is 1. The van der Waals surface area contributed by atoms with Gasteiger partial charge in [0.05, 0.1) is 42.4 Å². The Morgan fingerprint density at radius 3 is 2.72 bits per heavy atom. The summed E-state index contributed by atoms with van der Waals surface area (Å²) in [5.74, 6) is -0.909. The second-order valence-electron chi connectivity index (χ2n) is 10.6. The molecule has 1 aromatic heterocycles. The zero-order chi connectivity index (χ0) is 27.1. The molecule has 2 aliphatic rings. The number of carboxylic acids is 1. The number of carbonyl (C=O) groups is 2. The number of imidazole rings is 1. The van der Waals surface area contributed by atoms with E-state index in [9.17, 15) is 14.7 Å². The van der Waals surface area contributed by atoms with Crippen molar-refractivity contribution in [1.82, 2.24) is 9.55 Å². The van der Waals surface area contributed by atoms with E-state index in [0.717, 1.165) is 76.7 Å². The lowest BCUT2D eigenvalue weighted by Crippen LogP contribution is -2.42. The molecule has 2 aliphatic heterocycles. The maximum absolute atomic E-state index is 12.8. The summed E-state index contributed by atoms with van der Waals surface area (Å²) in [6, 6.07) is 17.8. The Balaban J connectivity index is 1.51. The molecule has 0 radical (unpaired) electrons. The number of aryl methyl sites for hydroxylation is 1. The summed E-state index contributed by atoms with van der Waals surface area (Å²) in [6.45, 7) is 3.32. The van der Waals surface area contributed by atoms with Crippen LogP contribution in [0.15, 0.2) is 54.6 Å². The van der Waals surface area contributed by atoms with Gasteiger partial charge >= 0.3 is 12.1 Å². The molecule has 1 N–H and O–H groups in total. The summed E-state index contributed by atoms with van der Waals surface area (Å²) in [7, 11) is 1.40. The summed E-state index contributed by atoms with van der Waals surface area (Å²) in [5.41, 5.74) is 4.39. The molecule has 3 atom stereocenters. The summed E-state index contributed by atoms with van der Waals surface area (Å²) >= 11 is 0. The van der Waals surface area contributed by atoms with E-state index >= 15 is 0 Å². The summed E-state index contributed by atoms with van der Waals surface area (Å²) < 4.78 is 13.2. The molecule has 39 heavy (non-hydrogen) atoms. The number of methoxy groups -OCH3 is 1. The SMILES string of the molecule is COC(=O)N1c2ccc3c(nc(C[C@H](C(=O)O)c4cccc5ccccc45)n3[C@H]3CCCOC3)c2CC[C@@H]1C. The van der Waals surface area contributed by atoms with Gasteiger partial charge < -0.3 is 19.1 Å². The summed E-state index contributed by atoms with van der Waals surface area (Å²) in [4.78, 5) is 32.3. The van der Waals surface area contributed by atoms with Gasteiger partial charge in [0.2, 0.25) is 0 Å². The maximum Gasteiger partial charge on any atom is 0.414 e. The molecular formula is C31H33N3O5. The minimum Gasteiger partial charge on any atom is -0.481 e. The molecule has 6 rings (SSSR count). The summed E-state index contributed by atoms with van der Waals surface area (Å²) in [5, 5.41) is 12.4. The van der Waals surface area contributed by atoms with Gasteiger partial charge in [-0.3, -0.25) is 9.69 Å². The van der Waals surface area contributed by atoms with Crippen molar-refractivity contribution in [3.63, 3.8) is 0 Å². The Morgan fingerprint density at radius 1 is 1.13 bits per heavy atom. The van der Waals surface area contributed by atoms with Crippen LogP contribution < -0.4 is 4.90 Å². The number of carbonyl (C=O) groups excluding carboxylic acids is 1. The largest absolute Gasteiger partial charge is 0.481 e. The van der Waals surface area contributed by atoms with E-state index in [4.69, 9.17) is 14.5 Å². The monoisotopic (exact) mass is 527 g/mol. The van der Waals surface area contributed by atoms with Crippen LogP contribution in [-0.2, 0) is 27.1 Å². The highest BCUT2D eigenvalue weighted by atomic mass is 16.5. The molecule has 0 aliphatic carbocycles. The molecule has 1 amide bonds. The van der Waals surface area contributed by atoms with Crippen molar-refractivity contribution in [1.29, 1.82) is 0 Å². The van der Waals surface area contributed by atoms with Crippen LogP contribution in [0.25, 0.3) is 21.8 Å². The van der Waals surface area contributed by atoms with Gasteiger partial charge in [0.25, 0.3) is 0 Å². The second-order valence-corrected chi connectivity index (χ2v) is 10.6. The van der Waals surface area contributed by atoms with Crippen LogP contribution in [-0.4, -0.2) is 53.1 Å². The van der Waals surface area contributed by atoms with Crippen LogP contribution in [0.3, 0.4) is 0 Å². The van der Waals surface area contributed by atoms with Crippen molar-refractivity contribution < 1.29 is 24.2 Å². The van der Waals surface area contributed by atoms with E-state index in [1.807, 2.05) is 61.5 Å². The fourth-order valence-electron chi connectivity index (χ4n) is 6.37. The molecule has 202 valence electrons. The van der Waals surface area contributed by atoms with Gasteiger partial charge in [-0.2, -0.15) is 0 Å². The van der Waals surface area contributed by atoms with E-state index in [1.165, 1.54) is 7.11 Å². The van der Waals surface area contributed by atoms with Crippen LogP contribution in [0.2, 0.25) is 0 Å². The number of amides is 1. The van der Waals surface area contributed by atoms with Crippen molar-refractivity contribution >= 4 is 39.6 Å². The van der Waals surface area contributed by atoms with Crippen molar-refractivity contribution in [2.24, 2.45) is 0 Å². The third-order valence-electron chi connectivity index (χ3n) is 8.28. The van der Waals surface area contributed by atoms with Gasteiger partial charge in [-0.25, -0.2) is 9.78 Å². The zero-order valence-corrected chi connectivity index (χ0v) is 22.3. The fraction of sp³-hybridized carbons (Fsp3) is 0.387. The minimum atomic E-state index is -0.877. The van der Waals surface area contributed by atoms with Crippen LogP contribution in [0.4, 0.5) is 10.5 Å². The van der Waals surface area contributed by atoms with Gasteiger partial charge in [0.1, 0.15) is 5.82 Å². The smallest absolute Gasteiger partial charge is 0.414 e. The minimum absolute atomic E-state index is 0.0125. The topological polar surface area (TPSA) is 93.9 Å². The first kappa shape index (κ1) is 25.4. The Kier molecular flexibility index (Phi) is 6.73. The molecule has 0 saturated carbocycles. The van der Waals surface area contributed by atoms with E-state index < -0.39 is 11.9 Å². The number of benzene rings is 3. The lowest BCUT2D eigenvalue weighted by atomic mass is 9.90. The number of anilines is 1. The van der Waals surface area contributed by atoms with Crippen molar-refractivity contribution in [2.45, 2.75) is 57.0 Å². The number of hydrogen-bond donors (Lipinski definition) is 1. The van der Waals surface area contributed by atoms with Crippen molar-refractivity contribution in [3.05, 3.63) is 71.5 Å². The molecule has 0 bridgehead atoms. The van der Waals surface area contributed by atoms with Crippen LogP contribution in [0, 0.1) is 0 Å². The van der Waals surface area contributed by atoms with Crippen molar-refractivity contribution in [3.8, 4) is 0 Å². The van der Waals surface area contributed by atoms with Crippen LogP contribution >= 0.6 is 0 Å². The fourth-order valence-corrected chi connectivity index (χ4v) is 6.37. The molecule has 0 spiro atoms. The number of hydrogen-bond acceptors (Lipinski definition) is 5.